The minimum atomic E-state index is -0.718. The van der Waals surface area contributed by atoms with Crippen LogP contribution in [0.1, 0.15) is 17.4 Å². The molecule has 8 heteroatoms. The Kier molecular flexibility index (Phi) is 4.12. The van der Waals surface area contributed by atoms with E-state index in [1.54, 1.807) is 6.92 Å². The number of rotatable bonds is 3. The Morgan fingerprint density at radius 1 is 1.40 bits per heavy atom. The number of esters is 1. The molecule has 0 atom stereocenters. The molecule has 2 rings (SSSR count). The Morgan fingerprint density at radius 3 is 2.75 bits per heavy atom. The zero-order valence-corrected chi connectivity index (χ0v) is 12.2. The van der Waals surface area contributed by atoms with E-state index < -0.39 is 17.6 Å². The fraction of sp³-hybridized carbons (Fsp3) is 0.250. The molecule has 0 saturated heterocycles. The second-order valence-electron chi connectivity index (χ2n) is 3.88. The Hall–Kier alpha value is -1.83. The second-order valence-corrected chi connectivity index (χ2v) is 4.73. The topological polar surface area (TPSA) is 57.0 Å². The van der Waals surface area contributed by atoms with Crippen LogP contribution in [0.5, 0.6) is 0 Å². The van der Waals surface area contributed by atoms with Gasteiger partial charge in [-0.25, -0.2) is 18.3 Å². The first-order valence-electron chi connectivity index (χ1n) is 5.67. The highest BCUT2D eigenvalue weighted by Gasteiger charge is 2.24. The van der Waals surface area contributed by atoms with Crippen LogP contribution in [0.25, 0.3) is 11.3 Å². The van der Waals surface area contributed by atoms with Crippen molar-refractivity contribution in [2.45, 2.75) is 6.92 Å². The van der Waals surface area contributed by atoms with E-state index >= 15 is 0 Å². The number of halogens is 3. The highest BCUT2D eigenvalue weighted by molar-refractivity contribution is 9.10. The highest BCUT2D eigenvalue weighted by atomic mass is 79.9. The molecule has 0 N–H and O–H groups in total. The van der Waals surface area contributed by atoms with Gasteiger partial charge in [0.2, 0.25) is 0 Å². The molecule has 1 aromatic heterocycles. The number of carbonyl (C=O) groups is 1. The quantitative estimate of drug-likeness (QED) is 0.633. The summed E-state index contributed by atoms with van der Waals surface area (Å²) < 4.78 is 33.5. The van der Waals surface area contributed by atoms with Crippen LogP contribution in [-0.4, -0.2) is 27.6 Å². The molecule has 0 amide bonds. The van der Waals surface area contributed by atoms with E-state index in [1.807, 2.05) is 0 Å². The number of ether oxygens (including phenoxy) is 1. The molecule has 0 fully saturated rings. The number of aromatic nitrogens is 3. The molecule has 0 saturated carbocycles. The van der Waals surface area contributed by atoms with Gasteiger partial charge in [-0.15, -0.1) is 5.10 Å². The lowest BCUT2D eigenvalue weighted by Crippen LogP contribution is -2.12. The van der Waals surface area contributed by atoms with Crippen molar-refractivity contribution in [2.24, 2.45) is 7.05 Å². The van der Waals surface area contributed by atoms with Gasteiger partial charge in [-0.3, -0.25) is 0 Å². The monoisotopic (exact) mass is 345 g/mol. The van der Waals surface area contributed by atoms with Crippen LogP contribution in [0.4, 0.5) is 8.78 Å². The van der Waals surface area contributed by atoms with Gasteiger partial charge >= 0.3 is 5.97 Å². The van der Waals surface area contributed by atoms with Crippen LogP contribution in [0.3, 0.4) is 0 Å². The molecule has 0 radical (unpaired) electrons. The molecule has 1 heterocycles. The van der Waals surface area contributed by atoms with Crippen LogP contribution in [0.15, 0.2) is 16.6 Å². The summed E-state index contributed by atoms with van der Waals surface area (Å²) in [6.45, 7) is 1.79. The Balaban J connectivity index is 2.59. The average Bonchev–Trinajstić information content (AvgIpc) is 2.76. The first-order chi connectivity index (χ1) is 9.45. The minimum Gasteiger partial charge on any atom is -0.461 e. The number of aryl methyl sites for hydroxylation is 1. The molecular formula is C12H10BrF2N3O2. The fourth-order valence-electron chi connectivity index (χ4n) is 1.67. The van der Waals surface area contributed by atoms with Crippen molar-refractivity contribution in [3.05, 3.63) is 33.9 Å². The Bertz CT molecular complexity index is 673. The smallest absolute Gasteiger partial charge is 0.358 e. The molecule has 0 aliphatic carbocycles. The summed E-state index contributed by atoms with van der Waals surface area (Å²) in [5, 5.41) is 7.37. The van der Waals surface area contributed by atoms with Crippen molar-refractivity contribution in [3.8, 4) is 11.3 Å². The summed E-state index contributed by atoms with van der Waals surface area (Å²) in [5.41, 5.74) is -0.246. The van der Waals surface area contributed by atoms with Gasteiger partial charge in [0.1, 0.15) is 17.3 Å². The van der Waals surface area contributed by atoms with Crippen molar-refractivity contribution in [1.82, 2.24) is 15.0 Å². The van der Waals surface area contributed by atoms with E-state index in [4.69, 9.17) is 4.74 Å². The molecule has 0 aliphatic rings. The number of nitrogens with zero attached hydrogens (tertiary/aromatic N) is 3. The third kappa shape index (κ3) is 2.55. The third-order valence-corrected chi connectivity index (χ3v) is 3.17. The van der Waals surface area contributed by atoms with Crippen LogP contribution in [0, 0.1) is 11.6 Å². The van der Waals surface area contributed by atoms with Crippen LogP contribution in [0.2, 0.25) is 0 Å². The van der Waals surface area contributed by atoms with Crippen molar-refractivity contribution in [2.75, 3.05) is 6.61 Å². The van der Waals surface area contributed by atoms with Gasteiger partial charge in [0, 0.05) is 12.6 Å². The van der Waals surface area contributed by atoms with E-state index in [0.717, 1.165) is 16.8 Å². The molecule has 1 aromatic carbocycles. The van der Waals surface area contributed by atoms with E-state index in [2.05, 4.69) is 26.2 Å². The molecule has 0 spiro atoms. The summed E-state index contributed by atoms with van der Waals surface area (Å²) in [7, 11) is 1.47. The lowest BCUT2D eigenvalue weighted by Gasteiger charge is -2.06. The van der Waals surface area contributed by atoms with Crippen molar-refractivity contribution >= 4 is 21.9 Å². The van der Waals surface area contributed by atoms with E-state index in [1.165, 1.54) is 7.05 Å². The molecule has 106 valence electrons. The highest BCUT2D eigenvalue weighted by Crippen LogP contribution is 2.29. The molecule has 0 bridgehead atoms. The van der Waals surface area contributed by atoms with Crippen molar-refractivity contribution in [1.29, 1.82) is 0 Å². The summed E-state index contributed by atoms with van der Waals surface area (Å²) >= 11 is 2.88. The Labute approximate surface area is 121 Å². The summed E-state index contributed by atoms with van der Waals surface area (Å²) in [6.07, 6.45) is 0. The normalized spacial score (nSPS) is 10.7. The van der Waals surface area contributed by atoms with Crippen LogP contribution >= 0.6 is 15.9 Å². The SMILES string of the molecule is CCOC(=O)c1c(-c2cc(F)c(Br)cc2F)nnn1C. The predicted octanol–water partition coefficient (Wildman–Crippen LogP) is 2.70. The van der Waals surface area contributed by atoms with Crippen molar-refractivity contribution < 1.29 is 18.3 Å². The van der Waals surface area contributed by atoms with Gasteiger partial charge in [-0.2, -0.15) is 0 Å². The zero-order chi connectivity index (χ0) is 14.9. The molecule has 5 nitrogen and oxygen atoms in total. The van der Waals surface area contributed by atoms with Gasteiger partial charge in [-0.05, 0) is 35.0 Å². The first kappa shape index (κ1) is 14.6. The number of benzene rings is 1. The maximum Gasteiger partial charge on any atom is 0.358 e. The van der Waals surface area contributed by atoms with Crippen LogP contribution in [-0.2, 0) is 11.8 Å². The molecule has 2 aromatic rings. The summed E-state index contributed by atoms with van der Waals surface area (Å²) in [6, 6.07) is 1.92. The molecular weight excluding hydrogens is 336 g/mol. The van der Waals surface area contributed by atoms with E-state index in [-0.39, 0.29) is 28.0 Å². The van der Waals surface area contributed by atoms with Gasteiger partial charge in [-0.1, -0.05) is 5.21 Å². The lowest BCUT2D eigenvalue weighted by molar-refractivity contribution is 0.0514. The fourth-order valence-corrected chi connectivity index (χ4v) is 1.99. The van der Waals surface area contributed by atoms with Gasteiger partial charge < -0.3 is 4.74 Å². The largest absolute Gasteiger partial charge is 0.461 e. The van der Waals surface area contributed by atoms with E-state index in [0.29, 0.717) is 0 Å². The first-order valence-corrected chi connectivity index (χ1v) is 6.46. The number of carbonyl (C=O) groups excluding carboxylic acids is 1. The average molecular weight is 346 g/mol. The number of hydrogen-bond acceptors (Lipinski definition) is 4. The third-order valence-electron chi connectivity index (χ3n) is 2.56. The number of hydrogen-bond donors (Lipinski definition) is 0. The molecule has 0 unspecified atom stereocenters. The Morgan fingerprint density at radius 2 is 2.10 bits per heavy atom. The molecule has 20 heavy (non-hydrogen) atoms. The van der Waals surface area contributed by atoms with Crippen LogP contribution < -0.4 is 0 Å². The minimum absolute atomic E-state index is 0.0136. The zero-order valence-electron chi connectivity index (χ0n) is 10.7. The summed E-state index contributed by atoms with van der Waals surface area (Å²) in [5.74, 6) is -2.08. The maximum absolute atomic E-state index is 13.9. The molecule has 0 aliphatic heterocycles. The second kappa shape index (κ2) is 5.66. The van der Waals surface area contributed by atoms with Crippen molar-refractivity contribution in [3.63, 3.8) is 0 Å². The van der Waals surface area contributed by atoms with E-state index in [9.17, 15) is 13.6 Å². The predicted molar refractivity (Wildman–Crippen MR) is 70.0 cm³/mol. The lowest BCUT2D eigenvalue weighted by atomic mass is 10.1. The van der Waals surface area contributed by atoms with Gasteiger partial charge in [0.15, 0.2) is 5.69 Å². The van der Waals surface area contributed by atoms with Gasteiger partial charge in [0.05, 0.1) is 11.1 Å². The standard InChI is InChI=1S/C12H10BrF2N3O2/c1-3-20-12(19)11-10(16-17-18(11)2)6-4-9(15)7(13)5-8(6)14/h4-5H,3H2,1-2H3. The maximum atomic E-state index is 13.9. The summed E-state index contributed by atoms with van der Waals surface area (Å²) in [4.78, 5) is 11.8. The van der Waals surface area contributed by atoms with Gasteiger partial charge in [0.25, 0.3) is 0 Å².